The number of nitro groups is 1. The number of rotatable bonds is 7. The van der Waals surface area contributed by atoms with Crippen LogP contribution in [-0.4, -0.2) is 35.9 Å². The van der Waals surface area contributed by atoms with Crippen molar-refractivity contribution >= 4 is 33.2 Å². The Hall–Kier alpha value is -2.52. The average molecular weight is 440 g/mol. The number of likely N-dealkylation sites (N-methyl/N-ethyl adjacent to an activating group) is 1. The smallest absolute Gasteiger partial charge is 0.271 e. The zero-order chi connectivity index (χ0) is 20.1. The molecule has 1 N–H and O–H groups in total. The number of ether oxygens (including phenoxy) is 1. The van der Waals surface area contributed by atoms with Crippen LogP contribution in [0.5, 0.6) is 5.75 Å². The number of amides is 1. The second-order valence-electron chi connectivity index (χ2n) is 5.96. The number of hydrogen-bond donors (Lipinski definition) is 1. The van der Waals surface area contributed by atoms with Crippen LogP contribution in [0.1, 0.15) is 12.5 Å². The Morgan fingerprint density at radius 2 is 2.07 bits per heavy atom. The second kappa shape index (κ2) is 8.92. The minimum absolute atomic E-state index is 0.164. The number of methoxy groups -OCH3 is 1. The molecule has 0 heterocycles. The van der Waals surface area contributed by atoms with E-state index < -0.39 is 16.9 Å². The van der Waals surface area contributed by atoms with Crippen molar-refractivity contribution in [1.82, 2.24) is 4.90 Å². The van der Waals surface area contributed by atoms with Gasteiger partial charge in [0.05, 0.1) is 23.8 Å². The Morgan fingerprint density at radius 1 is 1.37 bits per heavy atom. The van der Waals surface area contributed by atoms with Gasteiger partial charge in [-0.05, 0) is 38.2 Å². The molecule has 1 amide bonds. The van der Waals surface area contributed by atoms with E-state index in [1.54, 1.807) is 31.0 Å². The van der Waals surface area contributed by atoms with Crippen LogP contribution in [0.25, 0.3) is 0 Å². The molecule has 1 unspecified atom stereocenters. The highest BCUT2D eigenvalue weighted by Gasteiger charge is 2.21. The van der Waals surface area contributed by atoms with Gasteiger partial charge >= 0.3 is 0 Å². The topological polar surface area (TPSA) is 84.7 Å². The lowest BCUT2D eigenvalue weighted by Crippen LogP contribution is -2.39. The standard InChI is InChI=1S/C18H19BrFN3O4/c1-11(22(2)10-12-8-13(19)4-6-15(12)20)18(24)21-16-9-14(23(25)26)5-7-17(16)27-3/h4-9,11H,10H2,1-3H3,(H,21,24). The molecule has 9 heteroatoms. The summed E-state index contributed by atoms with van der Waals surface area (Å²) in [6.07, 6.45) is 0. The van der Waals surface area contributed by atoms with Gasteiger partial charge in [0.1, 0.15) is 11.6 Å². The molecule has 0 saturated heterocycles. The molecule has 0 radical (unpaired) electrons. The van der Waals surface area contributed by atoms with E-state index in [4.69, 9.17) is 4.74 Å². The second-order valence-corrected chi connectivity index (χ2v) is 6.87. The highest BCUT2D eigenvalue weighted by Crippen LogP contribution is 2.29. The molecule has 0 aliphatic heterocycles. The fraction of sp³-hybridized carbons (Fsp3) is 0.278. The number of nitrogens with one attached hydrogen (secondary N) is 1. The number of halogens is 2. The maximum atomic E-state index is 13.9. The SMILES string of the molecule is COc1ccc([N+](=O)[O-])cc1NC(=O)C(C)N(C)Cc1cc(Br)ccc1F. The van der Waals surface area contributed by atoms with Crippen molar-refractivity contribution < 1.29 is 18.8 Å². The minimum atomic E-state index is -0.618. The number of benzene rings is 2. The molecule has 0 aliphatic rings. The van der Waals surface area contributed by atoms with Crippen LogP contribution < -0.4 is 10.1 Å². The predicted molar refractivity (Wildman–Crippen MR) is 103 cm³/mol. The quantitative estimate of drug-likeness (QED) is 0.521. The van der Waals surface area contributed by atoms with Crippen molar-refractivity contribution in [1.29, 1.82) is 0 Å². The molecule has 144 valence electrons. The maximum Gasteiger partial charge on any atom is 0.271 e. The number of carbonyl (C=O) groups excluding carboxylic acids is 1. The van der Waals surface area contributed by atoms with Crippen LogP contribution in [0.15, 0.2) is 40.9 Å². The molecular weight excluding hydrogens is 421 g/mol. The normalized spacial score (nSPS) is 11.9. The highest BCUT2D eigenvalue weighted by molar-refractivity contribution is 9.10. The Labute approximate surface area is 164 Å². The third-order valence-electron chi connectivity index (χ3n) is 4.12. The highest BCUT2D eigenvalue weighted by atomic mass is 79.9. The molecule has 0 bridgehead atoms. The van der Waals surface area contributed by atoms with Crippen molar-refractivity contribution in [3.8, 4) is 5.75 Å². The van der Waals surface area contributed by atoms with Crippen molar-refractivity contribution in [2.75, 3.05) is 19.5 Å². The first-order valence-corrected chi connectivity index (χ1v) is 8.79. The minimum Gasteiger partial charge on any atom is -0.495 e. The van der Waals surface area contributed by atoms with Gasteiger partial charge < -0.3 is 10.1 Å². The fourth-order valence-corrected chi connectivity index (χ4v) is 2.82. The van der Waals surface area contributed by atoms with E-state index in [1.165, 1.54) is 31.4 Å². The van der Waals surface area contributed by atoms with Gasteiger partial charge in [0, 0.05) is 28.7 Å². The maximum absolute atomic E-state index is 13.9. The first-order valence-electron chi connectivity index (χ1n) is 8.00. The summed E-state index contributed by atoms with van der Waals surface area (Å²) in [5, 5.41) is 13.6. The van der Waals surface area contributed by atoms with Gasteiger partial charge in [-0.1, -0.05) is 15.9 Å². The number of non-ortho nitro benzene ring substituents is 1. The van der Waals surface area contributed by atoms with E-state index >= 15 is 0 Å². The lowest BCUT2D eigenvalue weighted by atomic mass is 10.1. The van der Waals surface area contributed by atoms with E-state index in [2.05, 4.69) is 21.2 Å². The summed E-state index contributed by atoms with van der Waals surface area (Å²) in [4.78, 5) is 24.6. The van der Waals surface area contributed by atoms with Crippen LogP contribution >= 0.6 is 15.9 Å². The summed E-state index contributed by atoms with van der Waals surface area (Å²) >= 11 is 3.30. The number of anilines is 1. The predicted octanol–water partition coefficient (Wildman–Crippen LogP) is 3.96. The van der Waals surface area contributed by atoms with Gasteiger partial charge in [-0.15, -0.1) is 0 Å². The fourth-order valence-electron chi connectivity index (χ4n) is 2.41. The van der Waals surface area contributed by atoms with E-state index in [1.807, 2.05) is 0 Å². The molecular formula is C18H19BrFN3O4. The monoisotopic (exact) mass is 439 g/mol. The van der Waals surface area contributed by atoms with Gasteiger partial charge in [0.15, 0.2) is 0 Å². The van der Waals surface area contributed by atoms with E-state index in [9.17, 15) is 19.3 Å². The van der Waals surface area contributed by atoms with E-state index in [0.717, 1.165) is 4.47 Å². The molecule has 2 rings (SSSR count). The lowest BCUT2D eigenvalue weighted by molar-refractivity contribution is -0.384. The van der Waals surface area contributed by atoms with Crippen LogP contribution in [0.4, 0.5) is 15.8 Å². The van der Waals surface area contributed by atoms with Gasteiger partial charge in [-0.3, -0.25) is 19.8 Å². The average Bonchev–Trinajstić information content (AvgIpc) is 2.63. The van der Waals surface area contributed by atoms with Crippen LogP contribution in [0.3, 0.4) is 0 Å². The first-order chi connectivity index (χ1) is 12.7. The molecule has 0 aromatic heterocycles. The summed E-state index contributed by atoms with van der Waals surface area (Å²) in [6, 6.07) is 7.93. The number of carbonyl (C=O) groups is 1. The molecule has 0 saturated carbocycles. The van der Waals surface area contributed by atoms with Gasteiger partial charge in [-0.25, -0.2) is 4.39 Å². The van der Waals surface area contributed by atoms with Crippen LogP contribution in [-0.2, 0) is 11.3 Å². The largest absolute Gasteiger partial charge is 0.495 e. The van der Waals surface area contributed by atoms with E-state index in [-0.39, 0.29) is 23.7 Å². The zero-order valence-corrected chi connectivity index (χ0v) is 16.6. The molecule has 0 spiro atoms. The van der Waals surface area contributed by atoms with Crippen LogP contribution in [0.2, 0.25) is 0 Å². The van der Waals surface area contributed by atoms with E-state index in [0.29, 0.717) is 11.3 Å². The van der Waals surface area contributed by atoms with Crippen molar-refractivity contribution in [3.63, 3.8) is 0 Å². The van der Waals surface area contributed by atoms with Gasteiger partial charge in [0.2, 0.25) is 5.91 Å². The summed E-state index contributed by atoms with van der Waals surface area (Å²) < 4.78 is 19.8. The molecule has 0 fully saturated rings. The van der Waals surface area contributed by atoms with Crippen molar-refractivity contribution in [2.24, 2.45) is 0 Å². The Balaban J connectivity index is 2.14. The molecule has 2 aromatic carbocycles. The first kappa shape index (κ1) is 20.8. The molecule has 7 nitrogen and oxygen atoms in total. The van der Waals surface area contributed by atoms with Crippen LogP contribution in [0, 0.1) is 15.9 Å². The molecule has 1 atom stereocenters. The molecule has 27 heavy (non-hydrogen) atoms. The van der Waals surface area contributed by atoms with Crippen molar-refractivity contribution in [3.05, 3.63) is 62.4 Å². The van der Waals surface area contributed by atoms with Crippen molar-refractivity contribution in [2.45, 2.75) is 19.5 Å². The lowest BCUT2D eigenvalue weighted by Gasteiger charge is -2.24. The summed E-state index contributed by atoms with van der Waals surface area (Å²) in [5.41, 5.74) is 0.480. The summed E-state index contributed by atoms with van der Waals surface area (Å²) in [6.45, 7) is 1.88. The van der Waals surface area contributed by atoms with Gasteiger partial charge in [0.25, 0.3) is 5.69 Å². The summed E-state index contributed by atoms with van der Waals surface area (Å²) in [5.74, 6) is -0.452. The third kappa shape index (κ3) is 5.24. The Morgan fingerprint density at radius 3 is 2.70 bits per heavy atom. The zero-order valence-electron chi connectivity index (χ0n) is 15.0. The molecule has 0 aliphatic carbocycles. The number of nitro benzene ring substituents is 1. The third-order valence-corrected chi connectivity index (χ3v) is 4.61. The Bertz CT molecular complexity index is 862. The van der Waals surface area contributed by atoms with Gasteiger partial charge in [-0.2, -0.15) is 0 Å². The summed E-state index contributed by atoms with van der Waals surface area (Å²) in [7, 11) is 3.09. The number of nitrogens with zero attached hydrogens (tertiary/aromatic N) is 2. The Kier molecular flexibility index (Phi) is 6.86. The number of hydrogen-bond acceptors (Lipinski definition) is 5. The molecule has 2 aromatic rings.